The van der Waals surface area contributed by atoms with Crippen LogP contribution in [0.3, 0.4) is 0 Å². The fourth-order valence-corrected chi connectivity index (χ4v) is 1.67. The zero-order valence-corrected chi connectivity index (χ0v) is 12.4. The summed E-state index contributed by atoms with van der Waals surface area (Å²) in [6.45, 7) is 7.29. The lowest BCUT2D eigenvalue weighted by molar-refractivity contribution is -0.385. The smallest absolute Gasteiger partial charge is 0.287 e. The summed E-state index contributed by atoms with van der Waals surface area (Å²) in [5, 5.41) is 25.4. The third-order valence-corrected chi connectivity index (χ3v) is 2.59. The monoisotopic (exact) mass is 290 g/mol. The van der Waals surface area contributed by atoms with Gasteiger partial charge in [-0.15, -0.1) is 0 Å². The molecule has 0 aliphatic heterocycles. The van der Waals surface area contributed by atoms with Crippen LogP contribution in [0.15, 0.2) is 18.2 Å². The van der Waals surface area contributed by atoms with Crippen molar-refractivity contribution in [3.8, 4) is 6.07 Å². The quantitative estimate of drug-likeness (QED) is 0.652. The van der Waals surface area contributed by atoms with Crippen LogP contribution in [0.1, 0.15) is 33.3 Å². The Morgan fingerprint density at radius 1 is 1.43 bits per heavy atom. The minimum absolute atomic E-state index is 0.0478. The topological polar surface area (TPSA) is 108 Å². The summed E-state index contributed by atoms with van der Waals surface area (Å²) in [4.78, 5) is 22.1. The third-order valence-electron chi connectivity index (χ3n) is 2.59. The normalized spacial score (nSPS) is 12.1. The highest BCUT2D eigenvalue weighted by Gasteiger charge is 2.20. The van der Waals surface area contributed by atoms with Crippen molar-refractivity contribution < 1.29 is 9.72 Å². The van der Waals surface area contributed by atoms with E-state index in [1.54, 1.807) is 13.0 Å². The Morgan fingerprint density at radius 2 is 2.05 bits per heavy atom. The molecule has 0 aliphatic rings. The second-order valence-electron chi connectivity index (χ2n) is 5.71. The van der Waals surface area contributed by atoms with E-state index in [1.165, 1.54) is 18.2 Å². The Bertz CT molecular complexity index is 599. The van der Waals surface area contributed by atoms with E-state index in [-0.39, 0.29) is 22.7 Å². The molecule has 7 heteroatoms. The molecule has 7 nitrogen and oxygen atoms in total. The first-order chi connectivity index (χ1) is 9.64. The van der Waals surface area contributed by atoms with E-state index in [4.69, 9.17) is 5.26 Å². The molecule has 0 heterocycles. The van der Waals surface area contributed by atoms with Crippen LogP contribution in [0.2, 0.25) is 0 Å². The molecule has 21 heavy (non-hydrogen) atoms. The number of nitro benzene ring substituents is 1. The first-order valence-electron chi connectivity index (χ1n) is 6.41. The van der Waals surface area contributed by atoms with Crippen LogP contribution in [0, 0.1) is 21.4 Å². The van der Waals surface area contributed by atoms with Crippen molar-refractivity contribution >= 4 is 17.3 Å². The molecule has 0 spiro atoms. The number of amides is 1. The number of hydrogen-bond donors (Lipinski definition) is 2. The lowest BCUT2D eigenvalue weighted by Gasteiger charge is -2.24. The summed E-state index contributed by atoms with van der Waals surface area (Å²) >= 11 is 0. The molecule has 1 aromatic rings. The fraction of sp³-hybridized carbons (Fsp3) is 0.429. The van der Waals surface area contributed by atoms with Crippen LogP contribution >= 0.6 is 0 Å². The molecular weight excluding hydrogens is 272 g/mol. The molecule has 0 radical (unpaired) electrons. The maximum absolute atomic E-state index is 11.9. The first-order valence-corrected chi connectivity index (χ1v) is 6.41. The minimum Gasteiger partial charge on any atom is -0.374 e. The molecule has 0 saturated heterocycles. The molecule has 0 aliphatic carbocycles. The van der Waals surface area contributed by atoms with Gasteiger partial charge in [-0.3, -0.25) is 14.9 Å². The number of carbonyl (C=O) groups excluding carboxylic acids is 1. The SMILES string of the molecule is CC(Nc1ccc([N+](=O)[O-])c(C#N)c1)C(=O)NC(C)(C)C. The second kappa shape index (κ2) is 6.22. The van der Waals surface area contributed by atoms with E-state index in [1.807, 2.05) is 20.8 Å². The largest absolute Gasteiger partial charge is 0.374 e. The van der Waals surface area contributed by atoms with Crippen LogP contribution in [0.25, 0.3) is 0 Å². The van der Waals surface area contributed by atoms with Gasteiger partial charge in [0.15, 0.2) is 0 Å². The fourth-order valence-electron chi connectivity index (χ4n) is 1.67. The second-order valence-corrected chi connectivity index (χ2v) is 5.71. The zero-order chi connectivity index (χ0) is 16.2. The summed E-state index contributed by atoms with van der Waals surface area (Å²) in [5.74, 6) is -0.195. The molecule has 1 amide bonds. The molecule has 2 N–H and O–H groups in total. The number of benzene rings is 1. The van der Waals surface area contributed by atoms with E-state index >= 15 is 0 Å². The van der Waals surface area contributed by atoms with Gasteiger partial charge in [-0.25, -0.2) is 0 Å². The van der Waals surface area contributed by atoms with Gasteiger partial charge in [0, 0.05) is 17.3 Å². The average molecular weight is 290 g/mol. The number of rotatable bonds is 4. The van der Waals surface area contributed by atoms with Gasteiger partial charge in [-0.1, -0.05) is 0 Å². The summed E-state index contributed by atoms with van der Waals surface area (Å²) in [6.07, 6.45) is 0. The number of nitrogens with zero attached hydrogens (tertiary/aromatic N) is 2. The van der Waals surface area contributed by atoms with Gasteiger partial charge in [0.25, 0.3) is 5.69 Å². The van der Waals surface area contributed by atoms with Crippen molar-refractivity contribution in [3.63, 3.8) is 0 Å². The van der Waals surface area contributed by atoms with Crippen LogP contribution in [0.5, 0.6) is 0 Å². The lowest BCUT2D eigenvalue weighted by atomic mass is 10.1. The molecule has 0 saturated carbocycles. The Kier molecular flexibility index (Phi) is 4.87. The Hall–Kier alpha value is -2.62. The highest BCUT2D eigenvalue weighted by Crippen LogP contribution is 2.22. The molecule has 1 unspecified atom stereocenters. The van der Waals surface area contributed by atoms with Crippen molar-refractivity contribution in [1.29, 1.82) is 5.26 Å². The Morgan fingerprint density at radius 3 is 2.52 bits per heavy atom. The molecule has 1 aromatic carbocycles. The van der Waals surface area contributed by atoms with Gasteiger partial charge >= 0.3 is 0 Å². The van der Waals surface area contributed by atoms with Crippen LogP contribution in [-0.2, 0) is 4.79 Å². The number of carbonyl (C=O) groups is 1. The van der Waals surface area contributed by atoms with Gasteiger partial charge in [-0.2, -0.15) is 5.26 Å². The summed E-state index contributed by atoms with van der Waals surface area (Å²) in [5.41, 5.74) is -0.169. The van der Waals surface area contributed by atoms with Crippen molar-refractivity contribution in [2.75, 3.05) is 5.32 Å². The molecule has 112 valence electrons. The number of nitro groups is 1. The predicted octanol–water partition coefficient (Wildman–Crippen LogP) is 2.18. The first kappa shape index (κ1) is 16.4. The van der Waals surface area contributed by atoms with Gasteiger partial charge in [0.05, 0.1) is 4.92 Å². The predicted molar refractivity (Wildman–Crippen MR) is 78.8 cm³/mol. The standard InChI is InChI=1S/C14H18N4O3/c1-9(13(19)17-14(2,3)4)16-11-5-6-12(18(20)21)10(7-11)8-15/h5-7,9,16H,1-4H3,(H,17,19). The maximum atomic E-state index is 11.9. The maximum Gasteiger partial charge on any atom is 0.287 e. The number of nitrogens with one attached hydrogen (secondary N) is 2. The lowest BCUT2D eigenvalue weighted by Crippen LogP contribution is -2.47. The molecule has 1 atom stereocenters. The van der Waals surface area contributed by atoms with Crippen LogP contribution in [-0.4, -0.2) is 22.4 Å². The van der Waals surface area contributed by atoms with Crippen LogP contribution in [0.4, 0.5) is 11.4 Å². The van der Waals surface area contributed by atoms with Crippen molar-refractivity contribution in [2.24, 2.45) is 0 Å². The summed E-state index contributed by atoms with van der Waals surface area (Å²) < 4.78 is 0. The van der Waals surface area contributed by atoms with Gasteiger partial charge in [0.1, 0.15) is 17.7 Å². The zero-order valence-electron chi connectivity index (χ0n) is 12.4. The van der Waals surface area contributed by atoms with E-state index < -0.39 is 11.0 Å². The average Bonchev–Trinajstić information content (AvgIpc) is 2.36. The molecule has 0 aromatic heterocycles. The van der Waals surface area contributed by atoms with E-state index in [0.717, 1.165) is 0 Å². The van der Waals surface area contributed by atoms with Crippen molar-refractivity contribution in [2.45, 2.75) is 39.3 Å². The summed E-state index contributed by atoms with van der Waals surface area (Å²) in [6, 6.07) is 5.32. The number of hydrogen-bond acceptors (Lipinski definition) is 5. The Labute approximate surface area is 123 Å². The van der Waals surface area contributed by atoms with E-state index in [2.05, 4.69) is 10.6 Å². The number of anilines is 1. The third kappa shape index (κ3) is 4.76. The molecule has 1 rings (SSSR count). The number of nitriles is 1. The van der Waals surface area contributed by atoms with Crippen molar-refractivity contribution in [3.05, 3.63) is 33.9 Å². The highest BCUT2D eigenvalue weighted by molar-refractivity contribution is 5.84. The van der Waals surface area contributed by atoms with Crippen LogP contribution < -0.4 is 10.6 Å². The molecular formula is C14H18N4O3. The Balaban J connectivity index is 2.87. The minimum atomic E-state index is -0.613. The van der Waals surface area contributed by atoms with Gasteiger partial charge < -0.3 is 10.6 Å². The van der Waals surface area contributed by atoms with E-state index in [9.17, 15) is 14.9 Å². The summed E-state index contributed by atoms with van der Waals surface area (Å²) in [7, 11) is 0. The van der Waals surface area contributed by atoms with E-state index in [0.29, 0.717) is 5.69 Å². The molecule has 0 fully saturated rings. The molecule has 0 bridgehead atoms. The van der Waals surface area contributed by atoms with Crippen molar-refractivity contribution in [1.82, 2.24) is 5.32 Å². The highest BCUT2D eigenvalue weighted by atomic mass is 16.6. The van der Waals surface area contributed by atoms with Gasteiger partial charge in [-0.05, 0) is 39.8 Å². The van der Waals surface area contributed by atoms with Gasteiger partial charge in [0.2, 0.25) is 5.91 Å².